The fraction of sp³-hybridized carbons (Fsp3) is 0.333. The van der Waals surface area contributed by atoms with E-state index >= 15 is 0 Å². The average molecular weight is 202 g/mol. The van der Waals surface area contributed by atoms with E-state index in [0.29, 0.717) is 5.69 Å². The highest BCUT2D eigenvalue weighted by Gasteiger charge is 2.11. The van der Waals surface area contributed by atoms with Gasteiger partial charge in [-0.3, -0.25) is 4.79 Å². The maximum Gasteiger partial charge on any atom is 0.170 e. The third-order valence-electron chi connectivity index (χ3n) is 2.62. The van der Waals surface area contributed by atoms with Crippen LogP contribution in [0.15, 0.2) is 12.1 Å². The van der Waals surface area contributed by atoms with Crippen molar-refractivity contribution in [1.29, 1.82) is 0 Å². The molecule has 0 aromatic carbocycles. The zero-order valence-electron chi connectivity index (χ0n) is 9.24. The van der Waals surface area contributed by atoms with Crippen molar-refractivity contribution in [2.75, 3.05) is 0 Å². The van der Waals surface area contributed by atoms with Crippen LogP contribution in [0.4, 0.5) is 0 Å². The highest BCUT2D eigenvalue weighted by Crippen LogP contribution is 2.16. The molecule has 0 radical (unpaired) electrons. The number of aldehydes is 1. The van der Waals surface area contributed by atoms with Crippen molar-refractivity contribution in [3.63, 3.8) is 0 Å². The van der Waals surface area contributed by atoms with Gasteiger partial charge < -0.3 is 4.40 Å². The summed E-state index contributed by atoms with van der Waals surface area (Å²) < 4.78 is 2.05. The van der Waals surface area contributed by atoms with Crippen LogP contribution in [0, 0.1) is 13.8 Å². The Hall–Kier alpha value is -1.64. The van der Waals surface area contributed by atoms with Crippen molar-refractivity contribution < 1.29 is 4.79 Å². The maximum atomic E-state index is 10.9. The number of fused-ring (bicyclic) bond motifs is 1. The van der Waals surface area contributed by atoms with E-state index in [0.717, 1.165) is 29.7 Å². The fourth-order valence-electron chi connectivity index (χ4n) is 2.05. The molecule has 0 saturated heterocycles. The summed E-state index contributed by atoms with van der Waals surface area (Å²) in [6, 6.07) is 4.10. The molecule has 3 heteroatoms. The van der Waals surface area contributed by atoms with Gasteiger partial charge >= 0.3 is 0 Å². The molecule has 3 nitrogen and oxygen atoms in total. The van der Waals surface area contributed by atoms with Gasteiger partial charge in [0.05, 0.1) is 5.69 Å². The smallest absolute Gasteiger partial charge is 0.170 e. The summed E-state index contributed by atoms with van der Waals surface area (Å²) in [5.74, 6) is 0. The van der Waals surface area contributed by atoms with Crippen LogP contribution in [-0.2, 0) is 6.42 Å². The van der Waals surface area contributed by atoms with E-state index in [4.69, 9.17) is 0 Å². The largest absolute Gasteiger partial charge is 0.301 e. The minimum Gasteiger partial charge on any atom is -0.301 e. The highest BCUT2D eigenvalue weighted by atomic mass is 16.1. The lowest BCUT2D eigenvalue weighted by atomic mass is 10.2. The Labute approximate surface area is 88.8 Å². The number of rotatable bonds is 2. The van der Waals surface area contributed by atoms with E-state index in [-0.39, 0.29) is 0 Å². The first-order valence-electron chi connectivity index (χ1n) is 5.11. The van der Waals surface area contributed by atoms with Crippen molar-refractivity contribution in [3.05, 3.63) is 34.8 Å². The first-order valence-corrected chi connectivity index (χ1v) is 5.11. The number of aryl methyl sites for hydroxylation is 3. The quantitative estimate of drug-likeness (QED) is 0.700. The number of nitrogens with zero attached hydrogens (tertiary/aromatic N) is 2. The van der Waals surface area contributed by atoms with Crippen LogP contribution in [0.3, 0.4) is 0 Å². The Morgan fingerprint density at radius 1 is 1.40 bits per heavy atom. The second-order valence-electron chi connectivity index (χ2n) is 3.78. The van der Waals surface area contributed by atoms with Gasteiger partial charge in [-0.15, -0.1) is 0 Å². The standard InChI is InChI=1S/C12H14N2O/c1-4-11-10(7-15)13-12-6-8(2)5-9(3)14(11)12/h5-7H,4H2,1-3H3. The van der Waals surface area contributed by atoms with E-state index < -0.39 is 0 Å². The molecule has 0 aliphatic heterocycles. The van der Waals surface area contributed by atoms with Crippen LogP contribution >= 0.6 is 0 Å². The lowest BCUT2D eigenvalue weighted by Gasteiger charge is -2.04. The Morgan fingerprint density at radius 2 is 2.13 bits per heavy atom. The van der Waals surface area contributed by atoms with Gasteiger partial charge in [0, 0.05) is 5.69 Å². The predicted molar refractivity (Wildman–Crippen MR) is 59.4 cm³/mol. The lowest BCUT2D eigenvalue weighted by molar-refractivity contribution is 0.111. The van der Waals surface area contributed by atoms with E-state index in [1.54, 1.807) is 0 Å². The van der Waals surface area contributed by atoms with Gasteiger partial charge in [-0.1, -0.05) is 6.92 Å². The minimum atomic E-state index is 0.561. The Balaban J connectivity index is 2.88. The topological polar surface area (TPSA) is 34.4 Å². The Morgan fingerprint density at radius 3 is 2.73 bits per heavy atom. The number of imidazole rings is 1. The molecule has 0 saturated carbocycles. The molecule has 2 heterocycles. The molecule has 2 aromatic rings. The average Bonchev–Trinajstić information content (AvgIpc) is 2.55. The first kappa shape index (κ1) is 9.90. The number of aromatic nitrogens is 2. The minimum absolute atomic E-state index is 0.561. The summed E-state index contributed by atoms with van der Waals surface area (Å²) in [5, 5.41) is 0. The molecule has 0 N–H and O–H groups in total. The first-order chi connectivity index (χ1) is 7.17. The number of pyridine rings is 1. The molecule has 0 atom stereocenters. The van der Waals surface area contributed by atoms with Gasteiger partial charge in [0.1, 0.15) is 11.3 Å². The monoisotopic (exact) mass is 202 g/mol. The Kier molecular flexibility index (Phi) is 2.31. The fourth-order valence-corrected chi connectivity index (χ4v) is 2.05. The molecule has 0 bridgehead atoms. The molecule has 0 spiro atoms. The second-order valence-corrected chi connectivity index (χ2v) is 3.78. The normalized spacial score (nSPS) is 10.9. The number of hydrogen-bond acceptors (Lipinski definition) is 2. The third-order valence-corrected chi connectivity index (χ3v) is 2.62. The van der Waals surface area contributed by atoms with Gasteiger partial charge in [-0.25, -0.2) is 4.98 Å². The van der Waals surface area contributed by atoms with Crippen molar-refractivity contribution >= 4 is 11.9 Å². The van der Waals surface area contributed by atoms with Crippen molar-refractivity contribution in [1.82, 2.24) is 9.38 Å². The summed E-state index contributed by atoms with van der Waals surface area (Å²) in [5.41, 5.74) is 4.72. The summed E-state index contributed by atoms with van der Waals surface area (Å²) in [6.45, 7) is 6.11. The van der Waals surface area contributed by atoms with Crippen LogP contribution in [0.1, 0.15) is 34.4 Å². The summed E-state index contributed by atoms with van der Waals surface area (Å²) in [7, 11) is 0. The number of carbonyl (C=O) groups is 1. The van der Waals surface area contributed by atoms with Crippen molar-refractivity contribution in [2.24, 2.45) is 0 Å². The zero-order valence-corrected chi connectivity index (χ0v) is 9.24. The molecule has 0 aliphatic rings. The summed E-state index contributed by atoms with van der Waals surface area (Å²) in [6.07, 6.45) is 1.65. The van der Waals surface area contributed by atoms with E-state index in [1.165, 1.54) is 5.56 Å². The van der Waals surface area contributed by atoms with E-state index in [2.05, 4.69) is 15.5 Å². The molecular weight excluding hydrogens is 188 g/mol. The molecule has 15 heavy (non-hydrogen) atoms. The highest BCUT2D eigenvalue weighted by molar-refractivity contribution is 5.76. The SMILES string of the molecule is CCc1c(C=O)nc2cc(C)cc(C)n12. The van der Waals surface area contributed by atoms with Gasteiger partial charge in [0.15, 0.2) is 6.29 Å². The van der Waals surface area contributed by atoms with Crippen LogP contribution in [0.2, 0.25) is 0 Å². The summed E-state index contributed by atoms with van der Waals surface area (Å²) >= 11 is 0. The third kappa shape index (κ3) is 1.44. The van der Waals surface area contributed by atoms with Gasteiger partial charge in [0.2, 0.25) is 0 Å². The molecule has 2 aromatic heterocycles. The molecular formula is C12H14N2O. The molecule has 0 fully saturated rings. The molecule has 2 rings (SSSR count). The van der Waals surface area contributed by atoms with Crippen LogP contribution in [-0.4, -0.2) is 15.7 Å². The van der Waals surface area contributed by atoms with Gasteiger partial charge in [-0.05, 0) is 38.0 Å². The van der Waals surface area contributed by atoms with Gasteiger partial charge in [-0.2, -0.15) is 0 Å². The van der Waals surface area contributed by atoms with E-state index in [1.807, 2.05) is 26.8 Å². The summed E-state index contributed by atoms with van der Waals surface area (Å²) in [4.78, 5) is 15.2. The number of hydrogen-bond donors (Lipinski definition) is 0. The van der Waals surface area contributed by atoms with Crippen LogP contribution < -0.4 is 0 Å². The van der Waals surface area contributed by atoms with Crippen LogP contribution in [0.25, 0.3) is 5.65 Å². The predicted octanol–water partition coefficient (Wildman–Crippen LogP) is 2.33. The second kappa shape index (κ2) is 3.50. The van der Waals surface area contributed by atoms with Crippen molar-refractivity contribution in [2.45, 2.75) is 27.2 Å². The Bertz CT molecular complexity index is 526. The van der Waals surface area contributed by atoms with E-state index in [9.17, 15) is 4.79 Å². The molecule has 0 unspecified atom stereocenters. The molecule has 0 aliphatic carbocycles. The van der Waals surface area contributed by atoms with Crippen LogP contribution in [0.5, 0.6) is 0 Å². The van der Waals surface area contributed by atoms with Crippen molar-refractivity contribution in [3.8, 4) is 0 Å². The molecule has 0 amide bonds. The lowest BCUT2D eigenvalue weighted by Crippen LogP contribution is -1.98. The zero-order chi connectivity index (χ0) is 11.0. The maximum absolute atomic E-state index is 10.9. The molecule has 78 valence electrons. The number of carbonyl (C=O) groups excluding carboxylic acids is 1. The van der Waals surface area contributed by atoms with Gasteiger partial charge in [0.25, 0.3) is 0 Å².